The van der Waals surface area contributed by atoms with Gasteiger partial charge in [-0.25, -0.2) is 8.42 Å². The van der Waals surface area contributed by atoms with Gasteiger partial charge in [0, 0.05) is 6.07 Å². The minimum absolute atomic E-state index is 0.0618. The molecule has 0 aliphatic carbocycles. The monoisotopic (exact) mass is 320 g/mol. The molecule has 0 saturated heterocycles. The maximum Gasteiger partial charge on any atom is 0.154 e. The molecule has 0 aliphatic rings. The molecule has 0 atom stereocenters. The largest absolute Gasteiger partial charge is 0.497 e. The fourth-order valence-electron chi connectivity index (χ4n) is 2.22. The minimum atomic E-state index is -3.16. The molecule has 22 heavy (non-hydrogen) atoms. The van der Waals surface area contributed by atoms with Gasteiger partial charge in [-0.2, -0.15) is 0 Å². The van der Waals surface area contributed by atoms with E-state index in [0.29, 0.717) is 17.9 Å². The van der Waals surface area contributed by atoms with E-state index in [1.165, 1.54) is 0 Å². The van der Waals surface area contributed by atoms with Gasteiger partial charge in [0.1, 0.15) is 11.5 Å². The van der Waals surface area contributed by atoms with Crippen molar-refractivity contribution in [1.29, 1.82) is 0 Å². The first kappa shape index (κ1) is 16.4. The Labute approximate surface area is 131 Å². The topological polar surface area (TPSA) is 52.6 Å². The molecule has 0 amide bonds. The Bertz CT molecular complexity index is 709. The molecule has 0 N–H and O–H groups in total. The summed E-state index contributed by atoms with van der Waals surface area (Å²) < 4.78 is 34.9. The number of hydrogen-bond acceptors (Lipinski definition) is 4. The van der Waals surface area contributed by atoms with Gasteiger partial charge in [-0.3, -0.25) is 0 Å². The van der Waals surface area contributed by atoms with Crippen LogP contribution >= 0.6 is 0 Å². The van der Waals surface area contributed by atoms with Gasteiger partial charge >= 0.3 is 0 Å². The van der Waals surface area contributed by atoms with Crippen molar-refractivity contribution in [2.45, 2.75) is 12.2 Å². The summed E-state index contributed by atoms with van der Waals surface area (Å²) in [6.45, 7) is 0. The average molecular weight is 320 g/mol. The second-order valence-electron chi connectivity index (χ2n) is 5.01. The molecule has 2 aromatic carbocycles. The summed E-state index contributed by atoms with van der Waals surface area (Å²) in [6.07, 6.45) is 0.419. The molecule has 0 radical (unpaired) electrons. The van der Waals surface area contributed by atoms with E-state index < -0.39 is 9.84 Å². The van der Waals surface area contributed by atoms with Gasteiger partial charge in [0.15, 0.2) is 9.84 Å². The van der Waals surface area contributed by atoms with E-state index in [9.17, 15) is 8.42 Å². The lowest BCUT2D eigenvalue weighted by Crippen LogP contribution is -2.12. The van der Waals surface area contributed by atoms with Crippen molar-refractivity contribution in [3.05, 3.63) is 59.7 Å². The molecule has 0 unspecified atom stereocenters. The van der Waals surface area contributed by atoms with Crippen molar-refractivity contribution in [3.63, 3.8) is 0 Å². The zero-order chi connectivity index (χ0) is 16.0. The van der Waals surface area contributed by atoms with Gasteiger partial charge < -0.3 is 9.47 Å². The minimum Gasteiger partial charge on any atom is -0.497 e. The van der Waals surface area contributed by atoms with E-state index in [4.69, 9.17) is 9.47 Å². The molecule has 0 heterocycles. The summed E-state index contributed by atoms with van der Waals surface area (Å²) in [5, 5.41) is 0. The Balaban J connectivity index is 2.06. The molecule has 0 aliphatic heterocycles. The molecule has 0 bridgehead atoms. The van der Waals surface area contributed by atoms with E-state index in [2.05, 4.69) is 0 Å². The van der Waals surface area contributed by atoms with Crippen molar-refractivity contribution >= 4 is 9.84 Å². The highest BCUT2D eigenvalue weighted by molar-refractivity contribution is 7.90. The number of ether oxygens (including phenoxy) is 2. The van der Waals surface area contributed by atoms with Gasteiger partial charge in [0.05, 0.1) is 25.7 Å². The predicted octanol–water partition coefficient (Wildman–Crippen LogP) is 2.86. The molecular formula is C17H20O4S. The molecule has 0 fully saturated rings. The summed E-state index contributed by atoms with van der Waals surface area (Å²) in [4.78, 5) is 0. The second-order valence-corrected chi connectivity index (χ2v) is 7.19. The van der Waals surface area contributed by atoms with Gasteiger partial charge in [0.25, 0.3) is 0 Å². The van der Waals surface area contributed by atoms with Gasteiger partial charge in [-0.05, 0) is 23.6 Å². The zero-order valence-corrected chi connectivity index (χ0v) is 13.6. The summed E-state index contributed by atoms with van der Waals surface area (Å²) in [5.41, 5.74) is 1.67. The third-order valence-electron chi connectivity index (χ3n) is 3.41. The fourth-order valence-corrected chi connectivity index (χ4v) is 3.60. The molecule has 2 aromatic rings. The van der Waals surface area contributed by atoms with E-state index >= 15 is 0 Å². The summed E-state index contributed by atoms with van der Waals surface area (Å²) in [7, 11) is -0.0120. The molecule has 5 heteroatoms. The van der Waals surface area contributed by atoms with Crippen molar-refractivity contribution in [1.82, 2.24) is 0 Å². The highest BCUT2D eigenvalue weighted by atomic mass is 32.2. The van der Waals surface area contributed by atoms with Crippen LogP contribution in [0.25, 0.3) is 0 Å². The van der Waals surface area contributed by atoms with E-state index in [1.807, 2.05) is 42.5 Å². The molecule has 0 spiro atoms. The Hall–Kier alpha value is -2.01. The Kier molecular flexibility index (Phi) is 5.44. The van der Waals surface area contributed by atoms with Crippen LogP contribution < -0.4 is 9.47 Å². The van der Waals surface area contributed by atoms with Gasteiger partial charge in [-0.15, -0.1) is 0 Å². The van der Waals surface area contributed by atoms with Crippen molar-refractivity contribution < 1.29 is 17.9 Å². The SMILES string of the molecule is COc1ccc(CCS(=O)(=O)Cc2ccccc2)c(OC)c1. The number of aryl methyl sites for hydroxylation is 1. The van der Waals surface area contributed by atoms with Gasteiger partial charge in [-0.1, -0.05) is 36.4 Å². The first-order valence-corrected chi connectivity index (χ1v) is 8.81. The summed E-state index contributed by atoms with van der Waals surface area (Å²) in [6, 6.07) is 14.6. The fraction of sp³-hybridized carbons (Fsp3) is 0.294. The number of hydrogen-bond donors (Lipinski definition) is 0. The van der Waals surface area contributed by atoms with Crippen LogP contribution in [0.2, 0.25) is 0 Å². The van der Waals surface area contributed by atoms with Gasteiger partial charge in [0.2, 0.25) is 0 Å². The lowest BCUT2D eigenvalue weighted by atomic mass is 10.1. The highest BCUT2D eigenvalue weighted by Gasteiger charge is 2.14. The Morgan fingerprint density at radius 2 is 1.68 bits per heavy atom. The first-order chi connectivity index (χ1) is 10.5. The first-order valence-electron chi connectivity index (χ1n) is 6.99. The maximum atomic E-state index is 12.2. The average Bonchev–Trinajstić information content (AvgIpc) is 2.53. The second kappa shape index (κ2) is 7.31. The van der Waals surface area contributed by atoms with Crippen molar-refractivity contribution in [2.75, 3.05) is 20.0 Å². The third-order valence-corrected chi connectivity index (χ3v) is 5.01. The Morgan fingerprint density at radius 1 is 0.955 bits per heavy atom. The molecular weight excluding hydrogens is 300 g/mol. The summed E-state index contributed by atoms with van der Waals surface area (Å²) in [5.74, 6) is 1.48. The van der Waals surface area contributed by atoms with E-state index in [0.717, 1.165) is 11.1 Å². The lowest BCUT2D eigenvalue weighted by Gasteiger charge is -2.10. The number of rotatable bonds is 7. The van der Waals surface area contributed by atoms with Crippen LogP contribution in [0.15, 0.2) is 48.5 Å². The van der Waals surface area contributed by atoms with Crippen LogP contribution in [0.3, 0.4) is 0 Å². The van der Waals surface area contributed by atoms with Crippen LogP contribution in [0, 0.1) is 0 Å². The normalized spacial score (nSPS) is 11.2. The smallest absolute Gasteiger partial charge is 0.154 e. The van der Waals surface area contributed by atoms with Crippen molar-refractivity contribution in [2.24, 2.45) is 0 Å². The number of methoxy groups -OCH3 is 2. The number of benzene rings is 2. The number of sulfone groups is 1. The molecule has 118 valence electrons. The Morgan fingerprint density at radius 3 is 2.32 bits per heavy atom. The van der Waals surface area contributed by atoms with Crippen LogP contribution in [0.5, 0.6) is 11.5 Å². The van der Waals surface area contributed by atoms with Crippen LogP contribution in [-0.4, -0.2) is 28.4 Å². The van der Waals surface area contributed by atoms with Crippen LogP contribution in [-0.2, 0) is 22.0 Å². The van der Waals surface area contributed by atoms with Crippen LogP contribution in [0.4, 0.5) is 0 Å². The van der Waals surface area contributed by atoms with Crippen LogP contribution in [0.1, 0.15) is 11.1 Å². The van der Waals surface area contributed by atoms with E-state index in [-0.39, 0.29) is 11.5 Å². The molecule has 4 nitrogen and oxygen atoms in total. The molecule has 2 rings (SSSR count). The van der Waals surface area contributed by atoms with E-state index in [1.54, 1.807) is 20.3 Å². The zero-order valence-electron chi connectivity index (χ0n) is 12.8. The predicted molar refractivity (Wildman–Crippen MR) is 87.2 cm³/mol. The standard InChI is InChI=1S/C17H20O4S/c1-20-16-9-8-15(17(12-16)21-2)10-11-22(18,19)13-14-6-4-3-5-7-14/h3-9,12H,10-11,13H2,1-2H3. The summed E-state index contributed by atoms with van der Waals surface area (Å²) >= 11 is 0. The quantitative estimate of drug-likeness (QED) is 0.787. The lowest BCUT2D eigenvalue weighted by molar-refractivity contribution is 0.391. The molecule has 0 saturated carbocycles. The third kappa shape index (κ3) is 4.49. The maximum absolute atomic E-state index is 12.2. The molecule has 0 aromatic heterocycles. The van der Waals surface area contributed by atoms with Crippen molar-refractivity contribution in [3.8, 4) is 11.5 Å². The highest BCUT2D eigenvalue weighted by Crippen LogP contribution is 2.25.